The maximum atomic E-state index is 13.6. The standard InChI is InChI=1S/C28H27N3O3S2/c1-5-28(3,4)31(27(34)22-7-6-14-35-22)21-16-24(32)30(26(21)33)19-11-9-18(10-12-19)25-29-20-13-8-17(2)15-23(20)36-25/h6-15,21H,5,16H2,1-4H3. The molecule has 6 nitrogen and oxygen atoms in total. The molecular weight excluding hydrogens is 490 g/mol. The van der Waals surface area contributed by atoms with Gasteiger partial charge in [0, 0.05) is 11.1 Å². The molecule has 1 aliphatic rings. The first kappa shape index (κ1) is 24.3. The molecule has 1 unspecified atom stereocenters. The predicted octanol–water partition coefficient (Wildman–Crippen LogP) is 6.30. The monoisotopic (exact) mass is 517 g/mol. The highest BCUT2D eigenvalue weighted by Crippen LogP contribution is 2.35. The largest absolute Gasteiger partial charge is 0.320 e. The van der Waals surface area contributed by atoms with Crippen molar-refractivity contribution in [2.45, 2.75) is 52.1 Å². The van der Waals surface area contributed by atoms with Gasteiger partial charge < -0.3 is 4.90 Å². The molecule has 184 valence electrons. The molecule has 2 aromatic carbocycles. The van der Waals surface area contributed by atoms with E-state index >= 15 is 0 Å². The Morgan fingerprint density at radius 2 is 1.89 bits per heavy atom. The maximum Gasteiger partial charge on any atom is 0.265 e. The van der Waals surface area contributed by atoms with Gasteiger partial charge in [-0.15, -0.1) is 22.7 Å². The molecule has 0 spiro atoms. The van der Waals surface area contributed by atoms with Gasteiger partial charge >= 0.3 is 0 Å². The second-order valence-electron chi connectivity index (χ2n) is 9.64. The van der Waals surface area contributed by atoms with Crippen LogP contribution in [0.4, 0.5) is 5.69 Å². The number of amides is 3. The van der Waals surface area contributed by atoms with E-state index in [4.69, 9.17) is 4.98 Å². The van der Waals surface area contributed by atoms with Crippen molar-refractivity contribution in [2.75, 3.05) is 4.90 Å². The lowest BCUT2D eigenvalue weighted by atomic mass is 9.95. The Balaban J connectivity index is 1.43. The third kappa shape index (κ3) is 4.24. The summed E-state index contributed by atoms with van der Waals surface area (Å²) in [5, 5.41) is 2.73. The Kier molecular flexibility index (Phi) is 6.26. The van der Waals surface area contributed by atoms with E-state index in [0.29, 0.717) is 17.0 Å². The van der Waals surface area contributed by atoms with Crippen molar-refractivity contribution in [3.05, 3.63) is 70.4 Å². The topological polar surface area (TPSA) is 70.6 Å². The molecule has 0 radical (unpaired) electrons. The number of aryl methyl sites for hydroxylation is 1. The van der Waals surface area contributed by atoms with E-state index < -0.39 is 11.6 Å². The quantitative estimate of drug-likeness (QED) is 0.282. The van der Waals surface area contributed by atoms with Crippen molar-refractivity contribution in [1.82, 2.24) is 9.88 Å². The van der Waals surface area contributed by atoms with Gasteiger partial charge in [0.2, 0.25) is 5.91 Å². The van der Waals surface area contributed by atoms with E-state index in [-0.39, 0.29) is 24.1 Å². The number of aromatic nitrogens is 1. The van der Waals surface area contributed by atoms with Crippen molar-refractivity contribution >= 4 is 56.3 Å². The number of thiazole rings is 1. The summed E-state index contributed by atoms with van der Waals surface area (Å²) in [6, 6.07) is 16.2. The van der Waals surface area contributed by atoms with Gasteiger partial charge in [-0.2, -0.15) is 0 Å². The number of carbonyl (C=O) groups is 3. The van der Waals surface area contributed by atoms with Crippen LogP contribution in [0.25, 0.3) is 20.8 Å². The Morgan fingerprint density at radius 3 is 2.56 bits per heavy atom. The lowest BCUT2D eigenvalue weighted by Gasteiger charge is -2.41. The summed E-state index contributed by atoms with van der Waals surface area (Å²) in [5.41, 5.74) is 2.98. The van der Waals surface area contributed by atoms with Crippen molar-refractivity contribution in [3.63, 3.8) is 0 Å². The summed E-state index contributed by atoms with van der Waals surface area (Å²) in [6.07, 6.45) is 0.622. The number of benzene rings is 2. The summed E-state index contributed by atoms with van der Waals surface area (Å²) >= 11 is 2.95. The van der Waals surface area contributed by atoms with E-state index in [1.54, 1.807) is 34.4 Å². The van der Waals surface area contributed by atoms with Gasteiger partial charge in [-0.25, -0.2) is 9.88 Å². The van der Waals surface area contributed by atoms with Crippen LogP contribution in [0.2, 0.25) is 0 Å². The molecule has 2 aromatic heterocycles. The third-order valence-corrected chi connectivity index (χ3v) is 8.74. The third-order valence-electron chi connectivity index (χ3n) is 6.82. The molecule has 0 saturated carbocycles. The Bertz CT molecular complexity index is 1460. The van der Waals surface area contributed by atoms with E-state index in [1.165, 1.54) is 21.8 Å². The van der Waals surface area contributed by atoms with Crippen LogP contribution >= 0.6 is 22.7 Å². The van der Waals surface area contributed by atoms with Crippen LogP contribution in [0.1, 0.15) is 48.8 Å². The van der Waals surface area contributed by atoms with Crippen molar-refractivity contribution in [1.29, 1.82) is 0 Å². The Morgan fingerprint density at radius 1 is 1.14 bits per heavy atom. The van der Waals surface area contributed by atoms with Crippen LogP contribution in [0, 0.1) is 6.92 Å². The smallest absolute Gasteiger partial charge is 0.265 e. The van der Waals surface area contributed by atoms with Crippen LogP contribution < -0.4 is 4.90 Å². The average molecular weight is 518 g/mol. The van der Waals surface area contributed by atoms with Crippen molar-refractivity contribution in [3.8, 4) is 10.6 Å². The van der Waals surface area contributed by atoms with Gasteiger partial charge in [0.05, 0.1) is 27.2 Å². The molecule has 0 bridgehead atoms. The highest BCUT2D eigenvalue weighted by Gasteiger charge is 2.48. The molecule has 1 atom stereocenters. The highest BCUT2D eigenvalue weighted by molar-refractivity contribution is 7.21. The molecular formula is C28H27N3O3S2. The zero-order valence-corrected chi connectivity index (χ0v) is 22.3. The number of imide groups is 1. The Hall–Kier alpha value is -3.36. The first-order valence-corrected chi connectivity index (χ1v) is 13.6. The molecule has 36 heavy (non-hydrogen) atoms. The molecule has 4 aromatic rings. The molecule has 5 rings (SSSR count). The van der Waals surface area contributed by atoms with Crippen molar-refractivity contribution < 1.29 is 14.4 Å². The van der Waals surface area contributed by atoms with Gasteiger partial charge in [-0.1, -0.05) is 19.1 Å². The number of hydrogen-bond donors (Lipinski definition) is 0. The van der Waals surface area contributed by atoms with Gasteiger partial charge in [0.15, 0.2) is 0 Å². The van der Waals surface area contributed by atoms with Crippen LogP contribution in [0.3, 0.4) is 0 Å². The molecule has 3 amide bonds. The number of fused-ring (bicyclic) bond motifs is 1. The number of nitrogens with zero attached hydrogens (tertiary/aromatic N) is 3. The minimum Gasteiger partial charge on any atom is -0.320 e. The second kappa shape index (κ2) is 9.26. The number of carbonyl (C=O) groups excluding carboxylic acids is 3. The summed E-state index contributed by atoms with van der Waals surface area (Å²) in [6.45, 7) is 7.91. The molecule has 8 heteroatoms. The summed E-state index contributed by atoms with van der Waals surface area (Å²) in [7, 11) is 0. The van der Waals surface area contributed by atoms with Gasteiger partial charge in [0.25, 0.3) is 11.8 Å². The predicted molar refractivity (Wildman–Crippen MR) is 146 cm³/mol. The van der Waals surface area contributed by atoms with Gasteiger partial charge in [-0.3, -0.25) is 14.4 Å². The molecule has 1 saturated heterocycles. The van der Waals surface area contributed by atoms with E-state index in [1.807, 2.05) is 56.5 Å². The number of hydrogen-bond acceptors (Lipinski definition) is 6. The van der Waals surface area contributed by atoms with E-state index in [0.717, 1.165) is 20.8 Å². The molecule has 1 fully saturated rings. The van der Waals surface area contributed by atoms with Crippen LogP contribution in [0.15, 0.2) is 60.0 Å². The molecule has 1 aliphatic heterocycles. The van der Waals surface area contributed by atoms with Gasteiger partial charge in [-0.05, 0) is 80.6 Å². The zero-order chi connectivity index (χ0) is 25.6. The summed E-state index contributed by atoms with van der Waals surface area (Å²) in [5.74, 6) is -0.884. The second-order valence-corrected chi connectivity index (χ2v) is 11.6. The lowest BCUT2D eigenvalue weighted by Crippen LogP contribution is -2.55. The summed E-state index contributed by atoms with van der Waals surface area (Å²) in [4.78, 5) is 48.2. The lowest BCUT2D eigenvalue weighted by molar-refractivity contribution is -0.123. The normalized spacial score (nSPS) is 16.2. The average Bonchev–Trinajstić information content (AvgIpc) is 3.59. The van der Waals surface area contributed by atoms with Gasteiger partial charge in [0.1, 0.15) is 11.0 Å². The minimum absolute atomic E-state index is 0.0294. The first-order chi connectivity index (χ1) is 17.2. The highest BCUT2D eigenvalue weighted by atomic mass is 32.1. The van der Waals surface area contributed by atoms with Crippen LogP contribution in [-0.2, 0) is 9.59 Å². The number of rotatable bonds is 6. The Labute approximate surface area is 218 Å². The molecule has 0 N–H and O–H groups in total. The minimum atomic E-state index is -0.839. The van der Waals surface area contributed by atoms with Crippen LogP contribution in [-0.4, -0.2) is 39.2 Å². The fourth-order valence-corrected chi connectivity index (χ4v) is 6.25. The number of thiophene rings is 1. The van der Waals surface area contributed by atoms with E-state index in [9.17, 15) is 14.4 Å². The number of anilines is 1. The SMILES string of the molecule is CCC(C)(C)N(C(=O)c1cccs1)C1CC(=O)N(c2ccc(-c3nc4ccc(C)cc4s3)cc2)C1=O. The fourth-order valence-electron chi connectivity index (χ4n) is 4.52. The summed E-state index contributed by atoms with van der Waals surface area (Å²) < 4.78 is 1.12. The molecule has 3 heterocycles. The molecule has 0 aliphatic carbocycles. The van der Waals surface area contributed by atoms with E-state index in [2.05, 4.69) is 13.0 Å². The zero-order valence-electron chi connectivity index (χ0n) is 20.6. The fraction of sp³-hybridized carbons (Fsp3) is 0.286. The van der Waals surface area contributed by atoms with Crippen LogP contribution in [0.5, 0.6) is 0 Å². The maximum absolute atomic E-state index is 13.6. The first-order valence-electron chi connectivity index (χ1n) is 11.9. The van der Waals surface area contributed by atoms with Crippen molar-refractivity contribution in [2.24, 2.45) is 0 Å².